The molecular formula is C20H20Cl2N4O3S. The zero-order valence-corrected chi connectivity index (χ0v) is 18.4. The van der Waals surface area contributed by atoms with E-state index in [4.69, 9.17) is 23.2 Å². The molecule has 0 aliphatic rings. The van der Waals surface area contributed by atoms with Crippen molar-refractivity contribution in [2.75, 3.05) is 11.3 Å². The highest BCUT2D eigenvalue weighted by atomic mass is 35.5. The molecule has 0 unspecified atom stereocenters. The number of aromatic nitrogens is 2. The molecular weight excluding hydrogens is 447 g/mol. The van der Waals surface area contributed by atoms with Gasteiger partial charge in [0.1, 0.15) is 4.90 Å². The Morgan fingerprint density at radius 1 is 1.13 bits per heavy atom. The van der Waals surface area contributed by atoms with Crippen LogP contribution in [0.3, 0.4) is 0 Å². The maximum absolute atomic E-state index is 12.5. The molecule has 3 N–H and O–H groups in total. The number of aromatic amines is 1. The molecule has 3 aromatic rings. The molecule has 0 saturated heterocycles. The maximum atomic E-state index is 12.5. The van der Waals surface area contributed by atoms with Gasteiger partial charge in [0.2, 0.25) is 0 Å². The molecule has 2 aromatic carbocycles. The van der Waals surface area contributed by atoms with Crippen molar-refractivity contribution in [1.29, 1.82) is 0 Å². The minimum atomic E-state index is -3.92. The summed E-state index contributed by atoms with van der Waals surface area (Å²) in [5, 5.41) is 10.0. The van der Waals surface area contributed by atoms with E-state index in [1.165, 1.54) is 30.3 Å². The Morgan fingerprint density at radius 2 is 1.87 bits per heavy atom. The van der Waals surface area contributed by atoms with Crippen molar-refractivity contribution in [3.8, 4) is 0 Å². The summed E-state index contributed by atoms with van der Waals surface area (Å²) in [6.07, 6.45) is 3.38. The van der Waals surface area contributed by atoms with Crippen molar-refractivity contribution in [3.63, 3.8) is 0 Å². The zero-order valence-electron chi connectivity index (χ0n) is 16.1. The van der Waals surface area contributed by atoms with Crippen molar-refractivity contribution in [2.45, 2.75) is 24.7 Å². The fourth-order valence-electron chi connectivity index (χ4n) is 2.79. The van der Waals surface area contributed by atoms with Gasteiger partial charge in [0, 0.05) is 28.5 Å². The third kappa shape index (κ3) is 5.53. The lowest BCUT2D eigenvalue weighted by molar-refractivity contribution is 0.0953. The number of aryl methyl sites for hydroxylation is 2. The number of rotatable bonds is 8. The highest BCUT2D eigenvalue weighted by Crippen LogP contribution is 2.27. The monoisotopic (exact) mass is 466 g/mol. The summed E-state index contributed by atoms with van der Waals surface area (Å²) in [5.41, 5.74) is 2.88. The van der Waals surface area contributed by atoms with Gasteiger partial charge in [0.05, 0.1) is 11.2 Å². The van der Waals surface area contributed by atoms with E-state index in [9.17, 15) is 13.2 Å². The van der Waals surface area contributed by atoms with Crippen molar-refractivity contribution >= 4 is 44.8 Å². The first-order valence-electron chi connectivity index (χ1n) is 9.11. The van der Waals surface area contributed by atoms with Crippen LogP contribution in [-0.2, 0) is 16.4 Å². The first-order chi connectivity index (χ1) is 14.3. The smallest absolute Gasteiger partial charge is 0.263 e. The Hall–Kier alpha value is -2.55. The third-order valence-corrected chi connectivity index (χ3v) is 6.52. The van der Waals surface area contributed by atoms with Crippen LogP contribution in [0.5, 0.6) is 0 Å². The molecule has 0 fully saturated rings. The van der Waals surface area contributed by atoms with Crippen LogP contribution < -0.4 is 10.0 Å². The summed E-state index contributed by atoms with van der Waals surface area (Å²) in [6, 6.07) is 10.3. The molecule has 0 bridgehead atoms. The predicted octanol–water partition coefficient (Wildman–Crippen LogP) is 4.19. The molecule has 0 radical (unpaired) electrons. The summed E-state index contributed by atoms with van der Waals surface area (Å²) in [6.45, 7) is 2.47. The number of nitrogens with zero attached hydrogens (tertiary/aromatic N) is 1. The van der Waals surface area contributed by atoms with Crippen molar-refractivity contribution in [2.24, 2.45) is 0 Å². The topological polar surface area (TPSA) is 104 Å². The molecule has 30 heavy (non-hydrogen) atoms. The number of amides is 1. The lowest BCUT2D eigenvalue weighted by atomic mass is 10.1. The van der Waals surface area contributed by atoms with E-state index in [1.807, 2.05) is 6.92 Å². The van der Waals surface area contributed by atoms with Crippen LogP contribution in [0.1, 0.15) is 28.0 Å². The second-order valence-electron chi connectivity index (χ2n) is 6.64. The summed E-state index contributed by atoms with van der Waals surface area (Å²) in [4.78, 5) is 12.2. The number of hydrogen-bond donors (Lipinski definition) is 3. The molecule has 1 amide bonds. The van der Waals surface area contributed by atoms with Crippen molar-refractivity contribution in [1.82, 2.24) is 15.5 Å². The lowest BCUT2D eigenvalue weighted by Crippen LogP contribution is -2.24. The van der Waals surface area contributed by atoms with E-state index in [-0.39, 0.29) is 20.8 Å². The number of carbonyl (C=O) groups is 1. The van der Waals surface area contributed by atoms with E-state index >= 15 is 0 Å². The van der Waals surface area contributed by atoms with Crippen LogP contribution in [0.15, 0.2) is 53.6 Å². The molecule has 158 valence electrons. The number of nitrogens with one attached hydrogen (secondary N) is 3. The van der Waals surface area contributed by atoms with Crippen LogP contribution >= 0.6 is 23.2 Å². The van der Waals surface area contributed by atoms with Crippen LogP contribution in [0.25, 0.3) is 0 Å². The molecule has 1 heterocycles. The third-order valence-electron chi connectivity index (χ3n) is 4.42. The van der Waals surface area contributed by atoms with Gasteiger partial charge in [-0.2, -0.15) is 5.10 Å². The van der Waals surface area contributed by atoms with Gasteiger partial charge in [-0.15, -0.1) is 0 Å². The van der Waals surface area contributed by atoms with E-state index in [1.54, 1.807) is 18.3 Å². The summed E-state index contributed by atoms with van der Waals surface area (Å²) in [7, 11) is -3.92. The van der Waals surface area contributed by atoms with Crippen LogP contribution in [0.2, 0.25) is 10.0 Å². The largest absolute Gasteiger partial charge is 0.352 e. The minimum absolute atomic E-state index is 0.0634. The molecule has 0 spiro atoms. The Morgan fingerprint density at radius 3 is 2.53 bits per heavy atom. The van der Waals surface area contributed by atoms with Crippen LogP contribution in [0, 0.1) is 6.92 Å². The van der Waals surface area contributed by atoms with Crippen LogP contribution in [0.4, 0.5) is 5.69 Å². The van der Waals surface area contributed by atoms with Crippen LogP contribution in [-0.4, -0.2) is 31.1 Å². The zero-order chi connectivity index (χ0) is 21.7. The number of anilines is 1. The Labute approximate surface area is 184 Å². The van der Waals surface area contributed by atoms with E-state index in [0.717, 1.165) is 24.1 Å². The van der Waals surface area contributed by atoms with Gasteiger partial charge in [0.15, 0.2) is 0 Å². The van der Waals surface area contributed by atoms with E-state index < -0.39 is 10.0 Å². The number of hydrogen-bond acceptors (Lipinski definition) is 4. The minimum Gasteiger partial charge on any atom is -0.352 e. The molecule has 0 aliphatic heterocycles. The predicted molar refractivity (Wildman–Crippen MR) is 118 cm³/mol. The molecule has 3 rings (SSSR count). The van der Waals surface area contributed by atoms with Gasteiger partial charge in [-0.25, -0.2) is 8.42 Å². The number of sulfonamides is 1. The fourth-order valence-corrected chi connectivity index (χ4v) is 4.62. The second-order valence-corrected chi connectivity index (χ2v) is 9.13. The normalized spacial score (nSPS) is 11.3. The van der Waals surface area contributed by atoms with E-state index in [0.29, 0.717) is 17.8 Å². The average molecular weight is 467 g/mol. The maximum Gasteiger partial charge on any atom is 0.263 e. The lowest BCUT2D eigenvalue weighted by Gasteiger charge is -2.11. The van der Waals surface area contributed by atoms with Gasteiger partial charge in [-0.3, -0.25) is 14.6 Å². The Balaban J connectivity index is 1.57. The van der Waals surface area contributed by atoms with Crippen molar-refractivity contribution in [3.05, 3.63) is 75.5 Å². The molecule has 0 atom stereocenters. The standard InChI is InChI=1S/C20H20Cl2N4O3S/c1-13-15(12-24-25-13)3-2-10-23-20(27)14-4-7-17(8-5-14)26-30(28,29)19-11-16(21)6-9-18(19)22/h4-9,11-12,26H,2-3,10H2,1H3,(H,23,27)(H,24,25). The number of carbonyl (C=O) groups excluding carboxylic acids is 1. The van der Waals surface area contributed by atoms with Gasteiger partial charge in [-0.05, 0) is 67.8 Å². The number of H-pyrrole nitrogens is 1. The SMILES string of the molecule is Cc1[nH]ncc1CCCNC(=O)c1ccc(NS(=O)(=O)c2cc(Cl)ccc2Cl)cc1. The summed E-state index contributed by atoms with van der Waals surface area (Å²) in [5.74, 6) is -0.230. The van der Waals surface area contributed by atoms with Crippen molar-refractivity contribution < 1.29 is 13.2 Å². The molecule has 0 aliphatic carbocycles. The first-order valence-corrected chi connectivity index (χ1v) is 11.3. The van der Waals surface area contributed by atoms with Gasteiger partial charge < -0.3 is 5.32 Å². The molecule has 0 saturated carbocycles. The quantitative estimate of drug-likeness (QED) is 0.432. The Bertz CT molecular complexity index is 1150. The van der Waals surface area contributed by atoms with E-state index in [2.05, 4.69) is 20.2 Å². The van der Waals surface area contributed by atoms with Gasteiger partial charge in [0.25, 0.3) is 15.9 Å². The average Bonchev–Trinajstić information content (AvgIpc) is 3.12. The summed E-state index contributed by atoms with van der Waals surface area (Å²) >= 11 is 11.8. The Kier molecular flexibility index (Phi) is 7.02. The fraction of sp³-hybridized carbons (Fsp3) is 0.200. The molecule has 10 heteroatoms. The van der Waals surface area contributed by atoms with Gasteiger partial charge >= 0.3 is 0 Å². The number of benzene rings is 2. The number of halogens is 2. The second kappa shape index (κ2) is 9.51. The highest BCUT2D eigenvalue weighted by molar-refractivity contribution is 7.92. The summed E-state index contributed by atoms with van der Waals surface area (Å²) < 4.78 is 27.5. The highest BCUT2D eigenvalue weighted by Gasteiger charge is 2.19. The molecule has 1 aromatic heterocycles. The molecule has 7 nitrogen and oxygen atoms in total. The first kappa shape index (κ1) is 22.1. The van der Waals surface area contributed by atoms with Gasteiger partial charge in [-0.1, -0.05) is 23.2 Å².